The van der Waals surface area contributed by atoms with Gasteiger partial charge in [0.2, 0.25) is 0 Å². The van der Waals surface area contributed by atoms with Gasteiger partial charge in [0.05, 0.1) is 19.8 Å². The lowest BCUT2D eigenvalue weighted by atomic mass is 10.2. The van der Waals surface area contributed by atoms with Crippen molar-refractivity contribution >= 4 is 29.9 Å². The summed E-state index contributed by atoms with van der Waals surface area (Å²) in [6, 6.07) is 0. The van der Waals surface area contributed by atoms with Crippen LogP contribution in [0.1, 0.15) is 27.7 Å². The Morgan fingerprint density at radius 1 is 1.11 bits per heavy atom. The lowest BCUT2D eigenvalue weighted by Crippen LogP contribution is -2.39. The van der Waals surface area contributed by atoms with Crippen molar-refractivity contribution in [3.05, 3.63) is 0 Å². The summed E-state index contributed by atoms with van der Waals surface area (Å²) in [5.74, 6) is 1.41. The van der Waals surface area contributed by atoms with Crippen LogP contribution >= 0.6 is 24.0 Å². The van der Waals surface area contributed by atoms with Crippen LogP contribution in [0.15, 0.2) is 4.99 Å². The molecular weight excluding hydrogens is 357 g/mol. The molecule has 0 amide bonds. The summed E-state index contributed by atoms with van der Waals surface area (Å²) in [6.45, 7) is 13.5. The van der Waals surface area contributed by atoms with Crippen LogP contribution in [0.4, 0.5) is 0 Å². The summed E-state index contributed by atoms with van der Waals surface area (Å²) in [7, 11) is 0. The van der Waals surface area contributed by atoms with Gasteiger partial charge in [-0.15, -0.1) is 24.0 Å². The third-order valence-electron chi connectivity index (χ3n) is 2.04. The number of nitrogens with zero attached hydrogens (tertiary/aromatic N) is 1. The molecule has 0 saturated heterocycles. The van der Waals surface area contributed by atoms with E-state index < -0.39 is 0 Å². The van der Waals surface area contributed by atoms with Gasteiger partial charge in [-0.1, -0.05) is 13.8 Å². The van der Waals surface area contributed by atoms with Gasteiger partial charge in [0, 0.05) is 26.3 Å². The molecule has 0 aliphatic rings. The maximum absolute atomic E-state index is 5.50. The van der Waals surface area contributed by atoms with Crippen molar-refractivity contribution in [3.8, 4) is 0 Å². The fourth-order valence-electron chi connectivity index (χ4n) is 1.27. The van der Waals surface area contributed by atoms with Crippen molar-refractivity contribution in [1.82, 2.24) is 10.6 Å². The number of nitrogens with one attached hydrogen (secondary N) is 2. The van der Waals surface area contributed by atoms with E-state index in [1.54, 1.807) is 0 Å². The lowest BCUT2D eigenvalue weighted by molar-refractivity contribution is 0.114. The Morgan fingerprint density at radius 2 is 1.84 bits per heavy atom. The zero-order valence-corrected chi connectivity index (χ0v) is 15.0. The second-order valence-electron chi connectivity index (χ2n) is 4.35. The third kappa shape index (κ3) is 15.9. The van der Waals surface area contributed by atoms with Crippen LogP contribution in [-0.2, 0) is 9.47 Å². The van der Waals surface area contributed by atoms with E-state index in [2.05, 4.69) is 36.4 Å². The van der Waals surface area contributed by atoms with Crippen molar-refractivity contribution in [3.63, 3.8) is 0 Å². The Kier molecular flexibility index (Phi) is 17.8. The van der Waals surface area contributed by atoms with Gasteiger partial charge >= 0.3 is 0 Å². The molecule has 0 saturated carbocycles. The Balaban J connectivity index is 0. The number of hydrogen-bond acceptors (Lipinski definition) is 3. The van der Waals surface area contributed by atoms with E-state index >= 15 is 0 Å². The number of hydrogen-bond donors (Lipinski definition) is 2. The molecule has 0 aliphatic carbocycles. The normalized spacial score (nSPS) is 11.3. The average molecular weight is 387 g/mol. The molecule has 0 aromatic rings. The van der Waals surface area contributed by atoms with Crippen LogP contribution in [0.2, 0.25) is 0 Å². The van der Waals surface area contributed by atoms with Crippen LogP contribution in [0.5, 0.6) is 0 Å². The Bertz CT molecular complexity index is 214. The maximum Gasteiger partial charge on any atom is 0.191 e. The highest BCUT2D eigenvalue weighted by molar-refractivity contribution is 14.0. The van der Waals surface area contributed by atoms with Gasteiger partial charge in [-0.2, -0.15) is 0 Å². The number of guanidine groups is 1. The van der Waals surface area contributed by atoms with Crippen molar-refractivity contribution < 1.29 is 9.47 Å². The predicted octanol–water partition coefficient (Wildman–Crippen LogP) is 1.87. The molecule has 0 spiro atoms. The van der Waals surface area contributed by atoms with Crippen LogP contribution < -0.4 is 10.6 Å². The fourth-order valence-corrected chi connectivity index (χ4v) is 1.27. The summed E-state index contributed by atoms with van der Waals surface area (Å²) in [5.41, 5.74) is 0. The zero-order chi connectivity index (χ0) is 13.6. The van der Waals surface area contributed by atoms with E-state index in [-0.39, 0.29) is 24.0 Å². The second kappa shape index (κ2) is 16.0. The first-order valence-electron chi connectivity index (χ1n) is 6.88. The largest absolute Gasteiger partial charge is 0.380 e. The smallest absolute Gasteiger partial charge is 0.191 e. The highest BCUT2D eigenvalue weighted by atomic mass is 127. The molecule has 0 heterocycles. The minimum Gasteiger partial charge on any atom is -0.380 e. The number of aliphatic imine (C=N–C) groups is 1. The van der Waals surface area contributed by atoms with Gasteiger partial charge in [-0.05, 0) is 19.8 Å². The fraction of sp³-hybridized carbons (Fsp3) is 0.923. The predicted molar refractivity (Wildman–Crippen MR) is 91.5 cm³/mol. The summed E-state index contributed by atoms with van der Waals surface area (Å²) < 4.78 is 10.7. The molecule has 0 aromatic heterocycles. The highest BCUT2D eigenvalue weighted by Crippen LogP contribution is 1.90. The van der Waals surface area contributed by atoms with Gasteiger partial charge in [0.25, 0.3) is 0 Å². The molecule has 19 heavy (non-hydrogen) atoms. The molecule has 0 unspecified atom stereocenters. The summed E-state index contributed by atoms with van der Waals surface area (Å²) in [6.07, 6.45) is 0. The van der Waals surface area contributed by atoms with Gasteiger partial charge in [0.15, 0.2) is 5.96 Å². The topological polar surface area (TPSA) is 54.9 Å². The molecule has 116 valence electrons. The minimum absolute atomic E-state index is 0. The van der Waals surface area contributed by atoms with Crippen LogP contribution in [0, 0.1) is 5.92 Å². The highest BCUT2D eigenvalue weighted by Gasteiger charge is 1.97. The van der Waals surface area contributed by atoms with Crippen LogP contribution in [0.3, 0.4) is 0 Å². The summed E-state index contributed by atoms with van der Waals surface area (Å²) in [4.78, 5) is 4.40. The molecule has 5 nitrogen and oxygen atoms in total. The first-order chi connectivity index (χ1) is 8.70. The second-order valence-corrected chi connectivity index (χ2v) is 4.35. The number of ether oxygens (including phenoxy) is 2. The Labute approximate surface area is 134 Å². The van der Waals surface area contributed by atoms with Crippen LogP contribution in [-0.4, -0.2) is 52.0 Å². The monoisotopic (exact) mass is 387 g/mol. The quantitative estimate of drug-likeness (QED) is 0.260. The molecule has 0 bridgehead atoms. The standard InChI is InChI=1S/C13H29N3O2.HI/c1-5-14-13(15-7-9-17-6-2)16-8-10-18-11-12(3)4;/h12H,5-11H2,1-4H3,(H2,14,15,16);1H. The van der Waals surface area contributed by atoms with Crippen molar-refractivity contribution in [1.29, 1.82) is 0 Å². The minimum atomic E-state index is 0. The van der Waals surface area contributed by atoms with E-state index in [1.165, 1.54) is 0 Å². The molecule has 0 radical (unpaired) electrons. The zero-order valence-electron chi connectivity index (χ0n) is 12.7. The molecule has 6 heteroatoms. The molecule has 2 N–H and O–H groups in total. The third-order valence-corrected chi connectivity index (χ3v) is 2.04. The molecule has 0 aromatic carbocycles. The maximum atomic E-state index is 5.50. The van der Waals surface area contributed by atoms with E-state index in [1.807, 2.05) is 6.92 Å². The van der Waals surface area contributed by atoms with Gasteiger partial charge < -0.3 is 20.1 Å². The van der Waals surface area contributed by atoms with E-state index in [0.717, 1.165) is 32.3 Å². The molecule has 0 aliphatic heterocycles. The number of halogens is 1. The first-order valence-corrected chi connectivity index (χ1v) is 6.88. The van der Waals surface area contributed by atoms with E-state index in [0.29, 0.717) is 25.7 Å². The van der Waals surface area contributed by atoms with Gasteiger partial charge in [-0.3, -0.25) is 4.99 Å². The molecule has 0 fully saturated rings. The lowest BCUT2D eigenvalue weighted by Gasteiger charge is -2.12. The van der Waals surface area contributed by atoms with Gasteiger partial charge in [0.1, 0.15) is 0 Å². The SMILES string of the molecule is CCNC(=NCCOCC)NCCOCC(C)C.I. The average Bonchev–Trinajstić information content (AvgIpc) is 2.33. The molecule has 0 atom stereocenters. The van der Waals surface area contributed by atoms with Gasteiger partial charge in [-0.25, -0.2) is 0 Å². The van der Waals surface area contributed by atoms with E-state index in [9.17, 15) is 0 Å². The first kappa shape index (κ1) is 21.2. The molecule has 0 rings (SSSR count). The van der Waals surface area contributed by atoms with E-state index in [4.69, 9.17) is 9.47 Å². The van der Waals surface area contributed by atoms with Crippen molar-refractivity contribution in [2.45, 2.75) is 27.7 Å². The Hall–Kier alpha value is -0.0800. The summed E-state index contributed by atoms with van der Waals surface area (Å²) in [5, 5.41) is 6.42. The molecular formula is C13H30IN3O2. The Morgan fingerprint density at radius 3 is 2.42 bits per heavy atom. The van der Waals surface area contributed by atoms with Crippen molar-refractivity contribution in [2.24, 2.45) is 10.9 Å². The summed E-state index contributed by atoms with van der Waals surface area (Å²) >= 11 is 0. The number of rotatable bonds is 10. The van der Waals surface area contributed by atoms with Crippen molar-refractivity contribution in [2.75, 3.05) is 46.1 Å². The van der Waals surface area contributed by atoms with Crippen LogP contribution in [0.25, 0.3) is 0 Å².